The summed E-state index contributed by atoms with van der Waals surface area (Å²) in [6, 6.07) is 11.2. The van der Waals surface area contributed by atoms with Gasteiger partial charge in [-0.1, -0.05) is 25.1 Å². The minimum Gasteiger partial charge on any atom is -0.352 e. The van der Waals surface area contributed by atoms with Gasteiger partial charge in [0, 0.05) is 31.7 Å². The first-order valence-electron chi connectivity index (χ1n) is 10.1. The first-order valence-corrected chi connectivity index (χ1v) is 10.9. The molecule has 7 heteroatoms. The second kappa shape index (κ2) is 10.2. The third kappa shape index (κ3) is 5.90. The number of carbonyl (C=O) groups is 3. The minimum atomic E-state index is -0.180. The number of piperidine rings is 1. The zero-order valence-corrected chi connectivity index (χ0v) is 17.5. The van der Waals surface area contributed by atoms with E-state index >= 15 is 0 Å². The molecule has 0 saturated carbocycles. The van der Waals surface area contributed by atoms with Gasteiger partial charge in [-0.2, -0.15) is 0 Å². The van der Waals surface area contributed by atoms with Crippen molar-refractivity contribution < 1.29 is 14.4 Å². The first kappa shape index (κ1) is 21.0. The highest BCUT2D eigenvalue weighted by atomic mass is 32.1. The zero-order chi connectivity index (χ0) is 20.6. The topological polar surface area (TPSA) is 78.5 Å². The highest BCUT2D eigenvalue weighted by molar-refractivity contribution is 7.12. The number of nitrogens with one attached hydrogen (secondary N) is 2. The molecule has 29 heavy (non-hydrogen) atoms. The second-order valence-corrected chi connectivity index (χ2v) is 8.23. The second-order valence-electron chi connectivity index (χ2n) is 7.28. The Hall–Kier alpha value is -2.67. The predicted molar refractivity (Wildman–Crippen MR) is 115 cm³/mol. The van der Waals surface area contributed by atoms with Gasteiger partial charge in [0.05, 0.1) is 10.8 Å². The lowest BCUT2D eigenvalue weighted by atomic mass is 9.97. The van der Waals surface area contributed by atoms with E-state index < -0.39 is 0 Å². The van der Waals surface area contributed by atoms with Crippen LogP contribution in [0.4, 0.5) is 5.69 Å². The molecule has 1 aromatic carbocycles. The smallest absolute Gasteiger partial charge is 0.263 e. The van der Waals surface area contributed by atoms with Crippen LogP contribution in [-0.2, 0) is 16.1 Å². The van der Waals surface area contributed by atoms with Crippen molar-refractivity contribution in [3.63, 3.8) is 0 Å². The standard InChI is InChI=1S/C22H27N3O3S/c1-2-5-20(26)24-18-10-8-16(9-11-18)14-23-21(27)17-6-3-12-25(15-17)22(28)19-7-4-13-29-19/h4,7-11,13,17H,2-3,5-6,12,14-15H2,1H3,(H,23,27)(H,24,26). The number of rotatable bonds is 7. The largest absolute Gasteiger partial charge is 0.352 e. The van der Waals surface area contributed by atoms with Crippen LogP contribution >= 0.6 is 11.3 Å². The molecular formula is C22H27N3O3S. The number of likely N-dealkylation sites (tertiary alicyclic amines) is 1. The normalized spacial score (nSPS) is 16.3. The van der Waals surface area contributed by atoms with Crippen LogP contribution in [0.2, 0.25) is 0 Å². The highest BCUT2D eigenvalue weighted by Gasteiger charge is 2.29. The summed E-state index contributed by atoms with van der Waals surface area (Å²) in [4.78, 5) is 39.3. The van der Waals surface area contributed by atoms with E-state index in [0.29, 0.717) is 26.1 Å². The van der Waals surface area contributed by atoms with Crippen molar-refractivity contribution in [1.82, 2.24) is 10.2 Å². The molecule has 1 aromatic heterocycles. The van der Waals surface area contributed by atoms with Gasteiger partial charge in [-0.15, -0.1) is 11.3 Å². The molecule has 1 unspecified atom stereocenters. The van der Waals surface area contributed by atoms with Gasteiger partial charge in [-0.05, 0) is 48.4 Å². The number of amides is 3. The van der Waals surface area contributed by atoms with E-state index in [0.717, 1.165) is 35.4 Å². The summed E-state index contributed by atoms with van der Waals surface area (Å²) in [7, 11) is 0. The maximum atomic E-state index is 12.6. The number of hydrogen-bond acceptors (Lipinski definition) is 4. The van der Waals surface area contributed by atoms with Gasteiger partial charge in [0.25, 0.3) is 5.91 Å². The zero-order valence-electron chi connectivity index (χ0n) is 16.6. The van der Waals surface area contributed by atoms with E-state index in [2.05, 4.69) is 10.6 Å². The monoisotopic (exact) mass is 413 g/mol. The van der Waals surface area contributed by atoms with E-state index in [1.807, 2.05) is 48.7 Å². The maximum absolute atomic E-state index is 12.6. The number of nitrogens with zero attached hydrogens (tertiary/aromatic N) is 1. The van der Waals surface area contributed by atoms with Crippen LogP contribution < -0.4 is 10.6 Å². The average molecular weight is 414 g/mol. The molecule has 0 aliphatic carbocycles. The number of carbonyl (C=O) groups excluding carboxylic acids is 3. The first-order chi connectivity index (χ1) is 14.1. The van der Waals surface area contributed by atoms with Gasteiger partial charge in [-0.3, -0.25) is 14.4 Å². The van der Waals surface area contributed by atoms with Gasteiger partial charge in [-0.25, -0.2) is 0 Å². The summed E-state index contributed by atoms with van der Waals surface area (Å²) in [5, 5.41) is 7.72. The van der Waals surface area contributed by atoms with Crippen molar-refractivity contribution in [3.8, 4) is 0 Å². The average Bonchev–Trinajstić information content (AvgIpc) is 3.27. The molecule has 3 amide bonds. The molecule has 2 N–H and O–H groups in total. The van der Waals surface area contributed by atoms with Crippen molar-refractivity contribution >= 4 is 34.7 Å². The Morgan fingerprint density at radius 3 is 2.66 bits per heavy atom. The lowest BCUT2D eigenvalue weighted by Gasteiger charge is -2.31. The van der Waals surface area contributed by atoms with Crippen LogP contribution in [-0.4, -0.2) is 35.7 Å². The summed E-state index contributed by atoms with van der Waals surface area (Å²) in [6.07, 6.45) is 2.95. The van der Waals surface area contributed by atoms with E-state index in [9.17, 15) is 14.4 Å². The Morgan fingerprint density at radius 1 is 1.17 bits per heavy atom. The van der Waals surface area contributed by atoms with E-state index in [4.69, 9.17) is 0 Å². The van der Waals surface area contributed by atoms with Crippen LogP contribution in [0.1, 0.15) is 47.8 Å². The molecule has 1 aliphatic rings. The Labute approximate surface area is 175 Å². The van der Waals surface area contributed by atoms with Crippen LogP contribution in [0.25, 0.3) is 0 Å². The maximum Gasteiger partial charge on any atom is 0.263 e. The van der Waals surface area contributed by atoms with Crippen LogP contribution in [0.5, 0.6) is 0 Å². The number of hydrogen-bond donors (Lipinski definition) is 2. The summed E-state index contributed by atoms with van der Waals surface area (Å²) in [6.45, 7) is 3.56. The molecule has 0 radical (unpaired) electrons. The molecule has 1 aliphatic heterocycles. The van der Waals surface area contributed by atoms with Crippen LogP contribution in [0, 0.1) is 5.92 Å². The van der Waals surface area contributed by atoms with Gasteiger partial charge in [0.1, 0.15) is 0 Å². The Morgan fingerprint density at radius 2 is 1.97 bits per heavy atom. The third-order valence-corrected chi connectivity index (χ3v) is 5.85. The predicted octanol–water partition coefficient (Wildman–Crippen LogP) is 3.66. The fourth-order valence-corrected chi connectivity index (χ4v) is 4.11. The molecule has 0 bridgehead atoms. The molecule has 0 spiro atoms. The van der Waals surface area contributed by atoms with Crippen molar-refractivity contribution in [2.75, 3.05) is 18.4 Å². The fourth-order valence-electron chi connectivity index (χ4n) is 3.42. The molecule has 2 heterocycles. The molecule has 3 rings (SSSR count). The van der Waals surface area contributed by atoms with Crippen molar-refractivity contribution in [2.24, 2.45) is 5.92 Å². The van der Waals surface area contributed by atoms with Crippen molar-refractivity contribution in [3.05, 3.63) is 52.2 Å². The van der Waals surface area contributed by atoms with E-state index in [-0.39, 0.29) is 23.6 Å². The molecule has 1 atom stereocenters. The summed E-state index contributed by atoms with van der Waals surface area (Å²) >= 11 is 1.43. The Kier molecular flexibility index (Phi) is 7.41. The SMILES string of the molecule is CCCC(=O)Nc1ccc(CNC(=O)C2CCCN(C(=O)c3cccs3)C2)cc1. The quantitative estimate of drug-likeness (QED) is 0.727. The van der Waals surface area contributed by atoms with Crippen molar-refractivity contribution in [2.45, 2.75) is 39.2 Å². The van der Waals surface area contributed by atoms with Crippen LogP contribution in [0.15, 0.2) is 41.8 Å². The van der Waals surface area contributed by atoms with E-state index in [1.54, 1.807) is 4.90 Å². The highest BCUT2D eigenvalue weighted by Crippen LogP contribution is 2.21. The lowest BCUT2D eigenvalue weighted by molar-refractivity contribution is -0.126. The molecule has 1 fully saturated rings. The van der Waals surface area contributed by atoms with Crippen LogP contribution in [0.3, 0.4) is 0 Å². The fraction of sp³-hybridized carbons (Fsp3) is 0.409. The number of benzene rings is 1. The summed E-state index contributed by atoms with van der Waals surface area (Å²) in [5.74, 6) is -0.181. The number of thiophene rings is 1. The van der Waals surface area contributed by atoms with Gasteiger partial charge >= 0.3 is 0 Å². The van der Waals surface area contributed by atoms with Crippen molar-refractivity contribution in [1.29, 1.82) is 0 Å². The number of anilines is 1. The van der Waals surface area contributed by atoms with E-state index in [1.165, 1.54) is 11.3 Å². The summed E-state index contributed by atoms with van der Waals surface area (Å²) in [5.41, 5.74) is 1.72. The molecule has 154 valence electrons. The summed E-state index contributed by atoms with van der Waals surface area (Å²) < 4.78 is 0. The Balaban J connectivity index is 1.48. The lowest BCUT2D eigenvalue weighted by Crippen LogP contribution is -2.45. The molecule has 2 aromatic rings. The third-order valence-electron chi connectivity index (χ3n) is 4.99. The molecule has 1 saturated heterocycles. The molecule has 6 nitrogen and oxygen atoms in total. The van der Waals surface area contributed by atoms with Gasteiger partial charge in [0.2, 0.25) is 11.8 Å². The Bertz CT molecular complexity index is 833. The van der Waals surface area contributed by atoms with Gasteiger partial charge in [0.15, 0.2) is 0 Å². The minimum absolute atomic E-state index is 0.00695. The van der Waals surface area contributed by atoms with Gasteiger partial charge < -0.3 is 15.5 Å². The molecular weight excluding hydrogens is 386 g/mol.